The molecule has 0 aliphatic heterocycles. The van der Waals surface area contributed by atoms with E-state index in [2.05, 4.69) is 9.71 Å². The zero-order valence-corrected chi connectivity index (χ0v) is 13.3. The molecule has 112 valence electrons. The topological polar surface area (TPSA) is 68.3 Å². The molecule has 1 heterocycles. The van der Waals surface area contributed by atoms with Gasteiger partial charge in [0.05, 0.1) is 22.2 Å². The van der Waals surface area contributed by atoms with Gasteiger partial charge in [-0.2, -0.15) is 0 Å². The van der Waals surface area contributed by atoms with Gasteiger partial charge in [-0.15, -0.1) is 0 Å². The van der Waals surface area contributed by atoms with E-state index in [-0.39, 0.29) is 10.0 Å². The summed E-state index contributed by atoms with van der Waals surface area (Å²) < 4.78 is 32.1. The lowest BCUT2D eigenvalue weighted by molar-refractivity contribution is 0.340. The van der Waals surface area contributed by atoms with Crippen LogP contribution >= 0.6 is 23.2 Å². The van der Waals surface area contributed by atoms with Gasteiger partial charge in [0.1, 0.15) is 10.9 Å². The van der Waals surface area contributed by atoms with Crippen LogP contribution in [0.1, 0.15) is 6.92 Å². The summed E-state index contributed by atoms with van der Waals surface area (Å²) in [7, 11) is -3.75. The number of ether oxygens (including phenoxy) is 1. The SMILES string of the molecule is CCOc1ccc(NS(=O)(=O)c2ccnc(Cl)c2)cc1Cl. The molecule has 1 aromatic carbocycles. The van der Waals surface area contributed by atoms with E-state index < -0.39 is 10.0 Å². The van der Waals surface area contributed by atoms with Crippen LogP contribution in [0.25, 0.3) is 0 Å². The number of rotatable bonds is 5. The molecule has 8 heteroatoms. The Bertz CT molecular complexity index is 751. The Morgan fingerprint density at radius 1 is 1.24 bits per heavy atom. The first-order valence-corrected chi connectivity index (χ1v) is 8.23. The van der Waals surface area contributed by atoms with E-state index in [1.54, 1.807) is 12.1 Å². The van der Waals surface area contributed by atoms with Crippen LogP contribution in [-0.4, -0.2) is 20.0 Å². The maximum Gasteiger partial charge on any atom is 0.262 e. The molecule has 1 N–H and O–H groups in total. The molecule has 21 heavy (non-hydrogen) atoms. The first-order chi connectivity index (χ1) is 9.92. The summed E-state index contributed by atoms with van der Waals surface area (Å²) >= 11 is 11.7. The molecule has 0 bridgehead atoms. The molecule has 0 spiro atoms. The summed E-state index contributed by atoms with van der Waals surface area (Å²) in [6.07, 6.45) is 1.32. The highest BCUT2D eigenvalue weighted by atomic mass is 35.5. The molecule has 1 aromatic heterocycles. The number of sulfonamides is 1. The number of nitrogens with one attached hydrogen (secondary N) is 1. The fourth-order valence-electron chi connectivity index (χ4n) is 1.60. The van der Waals surface area contributed by atoms with Crippen LogP contribution in [0.3, 0.4) is 0 Å². The number of aromatic nitrogens is 1. The number of pyridine rings is 1. The van der Waals surface area contributed by atoms with Crippen molar-refractivity contribution in [2.75, 3.05) is 11.3 Å². The van der Waals surface area contributed by atoms with E-state index in [1.165, 1.54) is 24.4 Å². The molecule has 5 nitrogen and oxygen atoms in total. The summed E-state index contributed by atoms with van der Waals surface area (Å²) in [5.74, 6) is 0.495. The lowest BCUT2D eigenvalue weighted by atomic mass is 10.3. The van der Waals surface area contributed by atoms with Gasteiger partial charge < -0.3 is 4.74 Å². The van der Waals surface area contributed by atoms with Crippen molar-refractivity contribution in [2.24, 2.45) is 0 Å². The van der Waals surface area contributed by atoms with Crippen LogP contribution in [-0.2, 0) is 10.0 Å². The van der Waals surface area contributed by atoms with Gasteiger partial charge in [0.25, 0.3) is 10.0 Å². The molecular formula is C13H12Cl2N2O3S. The van der Waals surface area contributed by atoms with Crippen LogP contribution < -0.4 is 9.46 Å². The van der Waals surface area contributed by atoms with Gasteiger partial charge >= 0.3 is 0 Å². The second kappa shape index (κ2) is 6.51. The maximum absolute atomic E-state index is 12.2. The van der Waals surface area contributed by atoms with Crippen LogP contribution in [0.2, 0.25) is 10.2 Å². The van der Waals surface area contributed by atoms with Gasteiger partial charge in [-0.3, -0.25) is 4.72 Å². The number of hydrogen-bond acceptors (Lipinski definition) is 4. The van der Waals surface area contributed by atoms with Gasteiger partial charge in [-0.05, 0) is 37.3 Å². The third-order valence-corrected chi connectivity index (χ3v) is 4.37. The molecule has 2 aromatic rings. The van der Waals surface area contributed by atoms with Crippen molar-refractivity contribution in [3.63, 3.8) is 0 Å². The number of halogens is 2. The van der Waals surface area contributed by atoms with Gasteiger partial charge in [0.15, 0.2) is 0 Å². The third kappa shape index (κ3) is 4.00. The Balaban J connectivity index is 2.27. The normalized spacial score (nSPS) is 11.2. The highest BCUT2D eigenvalue weighted by molar-refractivity contribution is 7.92. The van der Waals surface area contributed by atoms with E-state index >= 15 is 0 Å². The molecule has 0 saturated heterocycles. The zero-order valence-electron chi connectivity index (χ0n) is 11.0. The van der Waals surface area contributed by atoms with E-state index in [4.69, 9.17) is 27.9 Å². The second-order valence-corrected chi connectivity index (χ2v) is 6.47. The van der Waals surface area contributed by atoms with Gasteiger partial charge in [0, 0.05) is 6.20 Å². The fourth-order valence-corrected chi connectivity index (χ4v) is 3.14. The molecule has 0 atom stereocenters. The van der Waals surface area contributed by atoms with Crippen molar-refractivity contribution in [3.05, 3.63) is 46.7 Å². The van der Waals surface area contributed by atoms with Crippen LogP contribution in [0, 0.1) is 0 Å². The van der Waals surface area contributed by atoms with Gasteiger partial charge in [-0.25, -0.2) is 13.4 Å². The minimum absolute atomic E-state index is 0.0208. The largest absolute Gasteiger partial charge is 0.492 e. The Morgan fingerprint density at radius 3 is 2.62 bits per heavy atom. The molecule has 2 rings (SSSR count). The smallest absolute Gasteiger partial charge is 0.262 e. The van der Waals surface area contributed by atoms with Crippen LogP contribution in [0.5, 0.6) is 5.75 Å². The third-order valence-electron chi connectivity index (χ3n) is 2.49. The number of nitrogens with zero attached hydrogens (tertiary/aromatic N) is 1. The number of anilines is 1. The first-order valence-electron chi connectivity index (χ1n) is 5.99. The van der Waals surface area contributed by atoms with Crippen molar-refractivity contribution in [1.82, 2.24) is 4.98 Å². The Labute approximate surface area is 132 Å². The lowest BCUT2D eigenvalue weighted by Crippen LogP contribution is -2.13. The molecule has 0 aliphatic rings. The highest BCUT2D eigenvalue weighted by Gasteiger charge is 2.15. The minimum atomic E-state index is -3.75. The minimum Gasteiger partial charge on any atom is -0.492 e. The Hall–Kier alpha value is -1.50. The second-order valence-electron chi connectivity index (χ2n) is 4.00. The predicted octanol–water partition coefficient (Wildman–Crippen LogP) is 3.59. The summed E-state index contributed by atoms with van der Waals surface area (Å²) in [4.78, 5) is 3.76. The van der Waals surface area contributed by atoms with Crippen molar-refractivity contribution in [3.8, 4) is 5.75 Å². The van der Waals surface area contributed by atoms with E-state index in [0.717, 1.165) is 0 Å². The summed E-state index contributed by atoms with van der Waals surface area (Å²) in [6.45, 7) is 2.31. The molecule has 0 amide bonds. The van der Waals surface area contributed by atoms with Crippen molar-refractivity contribution >= 4 is 38.9 Å². The zero-order chi connectivity index (χ0) is 15.5. The molecular weight excluding hydrogens is 335 g/mol. The molecule has 0 fully saturated rings. The van der Waals surface area contributed by atoms with Crippen molar-refractivity contribution in [2.45, 2.75) is 11.8 Å². The standard InChI is InChI=1S/C13H12Cl2N2O3S/c1-2-20-12-4-3-9(7-11(12)14)17-21(18,19)10-5-6-16-13(15)8-10/h3-8,17H,2H2,1H3. The van der Waals surface area contributed by atoms with E-state index in [1.807, 2.05) is 6.92 Å². The number of hydrogen-bond donors (Lipinski definition) is 1. The van der Waals surface area contributed by atoms with E-state index in [0.29, 0.717) is 23.1 Å². The van der Waals surface area contributed by atoms with Crippen molar-refractivity contribution in [1.29, 1.82) is 0 Å². The van der Waals surface area contributed by atoms with Crippen LogP contribution in [0.4, 0.5) is 5.69 Å². The monoisotopic (exact) mass is 346 g/mol. The molecule has 0 aliphatic carbocycles. The summed E-state index contributed by atoms with van der Waals surface area (Å²) in [5, 5.41) is 0.424. The fraction of sp³-hybridized carbons (Fsp3) is 0.154. The molecule has 0 unspecified atom stereocenters. The Morgan fingerprint density at radius 2 is 2.00 bits per heavy atom. The molecule has 0 saturated carbocycles. The van der Waals surface area contributed by atoms with E-state index in [9.17, 15) is 8.42 Å². The molecule has 0 radical (unpaired) electrons. The lowest BCUT2D eigenvalue weighted by Gasteiger charge is -2.10. The maximum atomic E-state index is 12.2. The van der Waals surface area contributed by atoms with Gasteiger partial charge in [-0.1, -0.05) is 23.2 Å². The summed E-state index contributed by atoms with van der Waals surface area (Å²) in [5.41, 5.74) is 0.330. The average Bonchev–Trinajstić information content (AvgIpc) is 2.42. The number of benzene rings is 1. The average molecular weight is 347 g/mol. The highest BCUT2D eigenvalue weighted by Crippen LogP contribution is 2.28. The summed E-state index contributed by atoms with van der Waals surface area (Å²) in [6, 6.07) is 7.26. The first kappa shape index (κ1) is 15.9. The predicted molar refractivity (Wildman–Crippen MR) is 82.7 cm³/mol. The van der Waals surface area contributed by atoms with Gasteiger partial charge in [0.2, 0.25) is 0 Å². The quantitative estimate of drug-likeness (QED) is 0.840. The van der Waals surface area contributed by atoms with Crippen molar-refractivity contribution < 1.29 is 13.2 Å². The Kier molecular flexibility index (Phi) is 4.92. The van der Waals surface area contributed by atoms with Crippen LogP contribution in [0.15, 0.2) is 41.4 Å².